The van der Waals surface area contributed by atoms with Gasteiger partial charge in [-0.25, -0.2) is 4.39 Å². The molecule has 0 spiro atoms. The van der Waals surface area contributed by atoms with Gasteiger partial charge in [-0.15, -0.1) is 10.2 Å². The molecule has 2 aromatic carbocycles. The molecule has 0 aliphatic rings. The van der Waals surface area contributed by atoms with Crippen LogP contribution in [0.15, 0.2) is 36.4 Å². The van der Waals surface area contributed by atoms with Crippen molar-refractivity contribution in [2.45, 2.75) is 18.9 Å². The molecular weight excluding hydrogens is 347 g/mol. The summed E-state index contributed by atoms with van der Waals surface area (Å²) in [6.45, 7) is 1.92. The van der Waals surface area contributed by atoms with Gasteiger partial charge in [-0.1, -0.05) is 18.5 Å². The lowest BCUT2D eigenvalue weighted by Crippen LogP contribution is -2.08. The number of nitrogens with zero attached hydrogens (tertiary/aromatic N) is 3. The number of fused-ring (bicyclic) bond motifs is 1. The van der Waals surface area contributed by atoms with Gasteiger partial charge in [-0.3, -0.25) is 0 Å². The molecule has 3 aromatic rings. The average molecular weight is 363 g/mol. The van der Waals surface area contributed by atoms with Crippen molar-refractivity contribution in [3.63, 3.8) is 0 Å². The van der Waals surface area contributed by atoms with Crippen molar-refractivity contribution >= 4 is 34.0 Å². The molecule has 8 heteroatoms. The Hall–Kier alpha value is -2.67. The summed E-state index contributed by atoms with van der Waals surface area (Å²) >= 11 is 6.06. The zero-order valence-electron chi connectivity index (χ0n) is 13.7. The van der Waals surface area contributed by atoms with Crippen LogP contribution in [-0.4, -0.2) is 28.1 Å². The lowest BCUT2D eigenvalue weighted by molar-refractivity contribution is 0.261. The molecule has 0 saturated heterocycles. The Balaban J connectivity index is 2.01. The van der Waals surface area contributed by atoms with Crippen molar-refractivity contribution in [1.29, 1.82) is 0 Å². The van der Waals surface area contributed by atoms with Crippen LogP contribution in [0.2, 0.25) is 0 Å². The second-order valence-corrected chi connectivity index (χ2v) is 5.71. The Morgan fingerprint density at radius 2 is 1.92 bits per heavy atom. The highest BCUT2D eigenvalue weighted by molar-refractivity contribution is 6.19. The van der Waals surface area contributed by atoms with Gasteiger partial charge >= 0.3 is 0 Å². The topological polar surface area (TPSA) is 69.2 Å². The van der Waals surface area contributed by atoms with Crippen LogP contribution in [0.4, 0.5) is 15.9 Å². The number of nitrogens with one attached hydrogen (secondary N) is 1. The number of hydrogen-bond donors (Lipinski definition) is 1. The van der Waals surface area contributed by atoms with E-state index in [1.54, 1.807) is 31.4 Å². The Morgan fingerprint density at radius 3 is 2.60 bits per heavy atom. The number of hydrogen-bond acceptors (Lipinski definition) is 6. The molecule has 0 aliphatic heterocycles. The number of anilines is 2. The fourth-order valence-electron chi connectivity index (χ4n) is 2.23. The second-order valence-electron chi connectivity index (χ2n) is 5.23. The maximum atomic E-state index is 13.0. The minimum Gasteiger partial charge on any atom is -0.493 e. The van der Waals surface area contributed by atoms with Crippen LogP contribution in [-0.2, 0) is 0 Å². The monoisotopic (exact) mass is 362 g/mol. The molecule has 1 N–H and O–H groups in total. The van der Waals surface area contributed by atoms with Gasteiger partial charge in [-0.05, 0) is 42.0 Å². The Bertz CT molecular complexity index is 876. The number of rotatable bonds is 6. The molecule has 130 valence electrons. The van der Waals surface area contributed by atoms with Crippen molar-refractivity contribution in [2.24, 2.45) is 0 Å². The summed E-state index contributed by atoms with van der Waals surface area (Å²) in [5.41, 5.74) is 0.766. The van der Waals surface area contributed by atoms with Crippen molar-refractivity contribution < 1.29 is 13.9 Å². The highest BCUT2D eigenvalue weighted by Gasteiger charge is 2.15. The van der Waals surface area contributed by atoms with Crippen LogP contribution < -0.4 is 14.8 Å². The lowest BCUT2D eigenvalue weighted by atomic mass is 10.2. The third-order valence-electron chi connectivity index (χ3n) is 3.52. The molecule has 0 radical (unpaired) electrons. The van der Waals surface area contributed by atoms with E-state index < -0.39 is 5.56 Å². The quantitative estimate of drug-likeness (QED) is 0.660. The predicted octanol–water partition coefficient (Wildman–Crippen LogP) is 4.27. The molecule has 25 heavy (non-hydrogen) atoms. The average Bonchev–Trinajstić information content (AvgIpc) is 2.63. The molecule has 6 nitrogen and oxygen atoms in total. The van der Waals surface area contributed by atoms with Gasteiger partial charge in [-0.2, -0.15) is 0 Å². The number of alkyl halides is 1. The number of halogens is 2. The summed E-state index contributed by atoms with van der Waals surface area (Å²) in [5, 5.41) is 15.6. The van der Waals surface area contributed by atoms with Gasteiger partial charge in [0.2, 0.25) is 0 Å². The van der Waals surface area contributed by atoms with Gasteiger partial charge in [0.05, 0.1) is 12.5 Å². The Kier molecular flexibility index (Phi) is 5.14. The molecule has 1 unspecified atom stereocenters. The van der Waals surface area contributed by atoms with Gasteiger partial charge in [0.1, 0.15) is 11.3 Å². The smallest absolute Gasteiger partial charge is 0.172 e. The first-order valence-electron chi connectivity index (χ1n) is 7.65. The van der Waals surface area contributed by atoms with E-state index in [0.717, 1.165) is 0 Å². The number of ether oxygens (including phenoxy) is 2. The van der Waals surface area contributed by atoms with E-state index in [-0.39, 0.29) is 5.82 Å². The SMILES string of the molecule is CCC(Cl)Oc1cc2nnnc(Nc3ccc(F)cc3)c2cc1OC. The van der Waals surface area contributed by atoms with Crippen LogP contribution in [0.5, 0.6) is 11.5 Å². The minimum absolute atomic E-state index is 0.314. The van der Waals surface area contributed by atoms with E-state index in [9.17, 15) is 4.39 Å². The van der Waals surface area contributed by atoms with E-state index in [4.69, 9.17) is 21.1 Å². The van der Waals surface area contributed by atoms with Crippen molar-refractivity contribution in [1.82, 2.24) is 15.4 Å². The zero-order chi connectivity index (χ0) is 17.8. The van der Waals surface area contributed by atoms with Crippen LogP contribution in [0.3, 0.4) is 0 Å². The molecule has 1 aromatic heterocycles. The van der Waals surface area contributed by atoms with Crippen molar-refractivity contribution in [3.8, 4) is 11.5 Å². The van der Waals surface area contributed by atoms with Crippen LogP contribution >= 0.6 is 11.6 Å². The Labute approximate surface area is 148 Å². The summed E-state index contributed by atoms with van der Waals surface area (Å²) in [4.78, 5) is 0. The highest BCUT2D eigenvalue weighted by atomic mass is 35.5. The molecular formula is C17H16ClFN4O2. The molecule has 3 rings (SSSR count). The van der Waals surface area contributed by atoms with E-state index in [2.05, 4.69) is 20.7 Å². The predicted molar refractivity (Wildman–Crippen MR) is 94.1 cm³/mol. The standard InChI is InChI=1S/C17H16ClFN4O2/c1-3-16(18)25-15-9-13-12(8-14(15)24-2)17(22-23-21-13)20-11-6-4-10(19)5-7-11/h4-9,16H,3H2,1-2H3,(H,20,21,22). The van der Waals surface area contributed by atoms with Gasteiger partial charge < -0.3 is 14.8 Å². The van der Waals surface area contributed by atoms with E-state index in [1.165, 1.54) is 12.1 Å². The van der Waals surface area contributed by atoms with Gasteiger partial charge in [0.25, 0.3) is 0 Å². The highest BCUT2D eigenvalue weighted by Crippen LogP contribution is 2.35. The molecule has 1 heterocycles. The summed E-state index contributed by atoms with van der Waals surface area (Å²) < 4.78 is 24.1. The van der Waals surface area contributed by atoms with Crippen LogP contribution in [0.1, 0.15) is 13.3 Å². The molecule has 0 aliphatic carbocycles. The summed E-state index contributed by atoms with van der Waals surface area (Å²) in [7, 11) is 1.54. The number of benzene rings is 2. The number of methoxy groups -OCH3 is 1. The van der Waals surface area contributed by atoms with Crippen molar-refractivity contribution in [3.05, 3.63) is 42.2 Å². The largest absolute Gasteiger partial charge is 0.493 e. The summed E-state index contributed by atoms with van der Waals surface area (Å²) in [5.74, 6) is 1.14. The second kappa shape index (κ2) is 7.48. The van der Waals surface area contributed by atoms with E-state index in [1.807, 2.05) is 6.92 Å². The summed E-state index contributed by atoms with van der Waals surface area (Å²) in [6, 6.07) is 9.38. The molecule has 0 saturated carbocycles. The molecule has 0 bridgehead atoms. The summed E-state index contributed by atoms with van der Waals surface area (Å²) in [6.07, 6.45) is 0.641. The van der Waals surface area contributed by atoms with Crippen LogP contribution in [0.25, 0.3) is 10.9 Å². The Morgan fingerprint density at radius 1 is 1.16 bits per heavy atom. The zero-order valence-corrected chi connectivity index (χ0v) is 14.4. The fraction of sp³-hybridized carbons (Fsp3) is 0.235. The van der Waals surface area contributed by atoms with Crippen LogP contribution in [0, 0.1) is 5.82 Å². The molecule has 1 atom stereocenters. The van der Waals surface area contributed by atoms with Gasteiger partial charge in [0.15, 0.2) is 22.9 Å². The normalized spacial score (nSPS) is 12.0. The van der Waals surface area contributed by atoms with Crippen molar-refractivity contribution in [2.75, 3.05) is 12.4 Å². The first-order chi connectivity index (χ1) is 12.1. The van der Waals surface area contributed by atoms with E-state index in [0.29, 0.717) is 40.3 Å². The number of aromatic nitrogens is 3. The van der Waals surface area contributed by atoms with E-state index >= 15 is 0 Å². The third kappa shape index (κ3) is 3.88. The minimum atomic E-state index is -0.474. The lowest BCUT2D eigenvalue weighted by Gasteiger charge is -2.15. The van der Waals surface area contributed by atoms with Gasteiger partial charge in [0, 0.05) is 11.8 Å². The first kappa shape index (κ1) is 17.2. The fourth-order valence-corrected chi connectivity index (χ4v) is 2.32. The molecule has 0 fully saturated rings. The maximum Gasteiger partial charge on any atom is 0.172 e. The third-order valence-corrected chi connectivity index (χ3v) is 3.91. The first-order valence-corrected chi connectivity index (χ1v) is 8.08. The maximum absolute atomic E-state index is 13.0. The molecule has 0 amide bonds.